The van der Waals surface area contributed by atoms with Crippen molar-refractivity contribution in [3.63, 3.8) is 0 Å². The number of carbonyl (C=O) groups is 2. The van der Waals surface area contributed by atoms with Crippen LogP contribution in [0.25, 0.3) is 0 Å². The monoisotopic (exact) mass is 425 g/mol. The van der Waals surface area contributed by atoms with Crippen LogP contribution in [-0.4, -0.2) is 36.9 Å². The molecule has 4 aliphatic rings. The van der Waals surface area contributed by atoms with E-state index in [4.69, 9.17) is 0 Å². The van der Waals surface area contributed by atoms with Gasteiger partial charge in [0.15, 0.2) is 0 Å². The molecule has 170 valence electrons. The molecule has 0 aliphatic heterocycles. The SMILES string of the molecule is CC(C)[C@@H](NC(=O)C12CC3CC(CC(C3)C1)C2)C(=O)NCc1ccccc1CN(C)C. The van der Waals surface area contributed by atoms with Crippen LogP contribution in [0.2, 0.25) is 0 Å². The first-order valence-electron chi connectivity index (χ1n) is 12.1. The van der Waals surface area contributed by atoms with Gasteiger partial charge in [0.05, 0.1) is 0 Å². The number of amides is 2. The lowest BCUT2D eigenvalue weighted by Gasteiger charge is -2.55. The van der Waals surface area contributed by atoms with Crippen molar-refractivity contribution in [2.45, 2.75) is 71.5 Å². The van der Waals surface area contributed by atoms with Crippen molar-refractivity contribution >= 4 is 11.8 Å². The van der Waals surface area contributed by atoms with Crippen molar-refractivity contribution in [3.05, 3.63) is 35.4 Å². The van der Waals surface area contributed by atoms with Crippen LogP contribution in [0.4, 0.5) is 0 Å². The van der Waals surface area contributed by atoms with E-state index in [-0.39, 0.29) is 23.1 Å². The first-order chi connectivity index (χ1) is 14.8. The lowest BCUT2D eigenvalue weighted by Crippen LogP contribution is -2.58. The minimum atomic E-state index is -0.485. The van der Waals surface area contributed by atoms with Gasteiger partial charge in [-0.2, -0.15) is 0 Å². The Morgan fingerprint density at radius 2 is 1.55 bits per heavy atom. The first-order valence-corrected chi connectivity index (χ1v) is 12.1. The highest BCUT2D eigenvalue weighted by atomic mass is 16.2. The summed E-state index contributed by atoms with van der Waals surface area (Å²) in [4.78, 5) is 28.7. The Hall–Kier alpha value is -1.88. The van der Waals surface area contributed by atoms with E-state index in [9.17, 15) is 9.59 Å². The van der Waals surface area contributed by atoms with Crippen LogP contribution >= 0.6 is 0 Å². The van der Waals surface area contributed by atoms with Crippen LogP contribution in [0.5, 0.6) is 0 Å². The minimum Gasteiger partial charge on any atom is -0.350 e. The van der Waals surface area contributed by atoms with Crippen molar-refractivity contribution in [1.29, 1.82) is 0 Å². The lowest BCUT2D eigenvalue weighted by molar-refractivity contribution is -0.149. The third-order valence-electron chi connectivity index (χ3n) is 7.81. The lowest BCUT2D eigenvalue weighted by atomic mass is 9.49. The van der Waals surface area contributed by atoms with Crippen LogP contribution < -0.4 is 10.6 Å². The van der Waals surface area contributed by atoms with Gasteiger partial charge in [-0.25, -0.2) is 0 Å². The number of carbonyl (C=O) groups excluding carboxylic acids is 2. The fourth-order valence-electron chi connectivity index (χ4n) is 6.74. The molecular weight excluding hydrogens is 386 g/mol. The quantitative estimate of drug-likeness (QED) is 0.667. The molecule has 5 nitrogen and oxygen atoms in total. The molecule has 4 saturated carbocycles. The smallest absolute Gasteiger partial charge is 0.243 e. The number of nitrogens with one attached hydrogen (secondary N) is 2. The summed E-state index contributed by atoms with van der Waals surface area (Å²) in [6, 6.07) is 7.73. The van der Waals surface area contributed by atoms with Gasteiger partial charge >= 0.3 is 0 Å². The number of hydrogen-bond acceptors (Lipinski definition) is 3. The number of nitrogens with zero attached hydrogens (tertiary/aromatic N) is 1. The van der Waals surface area contributed by atoms with Crippen molar-refractivity contribution in [1.82, 2.24) is 15.5 Å². The zero-order chi connectivity index (χ0) is 22.2. The highest BCUT2D eigenvalue weighted by molar-refractivity contribution is 5.90. The predicted octanol–water partition coefficient (Wildman–Crippen LogP) is 3.72. The molecule has 1 atom stereocenters. The molecule has 0 unspecified atom stereocenters. The maximum atomic E-state index is 13.5. The topological polar surface area (TPSA) is 61.4 Å². The van der Waals surface area contributed by atoms with Crippen LogP contribution in [0, 0.1) is 29.1 Å². The number of hydrogen-bond donors (Lipinski definition) is 2. The fourth-order valence-corrected chi connectivity index (χ4v) is 6.74. The molecule has 2 amide bonds. The summed E-state index contributed by atoms with van der Waals surface area (Å²) in [7, 11) is 4.09. The van der Waals surface area contributed by atoms with Crippen LogP contribution in [0.1, 0.15) is 63.5 Å². The standard InChI is InChI=1S/C26H39N3O2/c1-17(2)23(24(30)27-15-21-7-5-6-8-22(21)16-29(3)4)28-25(31)26-12-18-9-19(13-26)11-20(10-18)14-26/h5-8,17-20,23H,9-16H2,1-4H3,(H,27,30)(H,28,31)/t18?,19?,20?,23-,26?/m1/s1. The van der Waals surface area contributed by atoms with E-state index in [2.05, 4.69) is 27.7 Å². The molecule has 0 heterocycles. The Morgan fingerprint density at radius 1 is 1.00 bits per heavy atom. The van der Waals surface area contributed by atoms with E-state index in [1.807, 2.05) is 40.1 Å². The molecule has 31 heavy (non-hydrogen) atoms. The third-order valence-corrected chi connectivity index (χ3v) is 7.81. The molecule has 0 spiro atoms. The normalized spacial score (nSPS) is 29.9. The highest BCUT2D eigenvalue weighted by Crippen LogP contribution is 2.60. The Balaban J connectivity index is 1.40. The summed E-state index contributed by atoms with van der Waals surface area (Å²) >= 11 is 0. The van der Waals surface area contributed by atoms with Crippen molar-refractivity contribution < 1.29 is 9.59 Å². The van der Waals surface area contributed by atoms with Crippen LogP contribution in [0.15, 0.2) is 24.3 Å². The van der Waals surface area contributed by atoms with Crippen LogP contribution in [0.3, 0.4) is 0 Å². The van der Waals surface area contributed by atoms with Gasteiger partial charge in [0, 0.05) is 18.5 Å². The summed E-state index contributed by atoms with van der Waals surface area (Å²) in [5.74, 6) is 2.26. The van der Waals surface area contributed by atoms with E-state index in [1.165, 1.54) is 24.8 Å². The summed E-state index contributed by atoms with van der Waals surface area (Å²) < 4.78 is 0. The van der Waals surface area contributed by atoms with Gasteiger partial charge in [0.2, 0.25) is 11.8 Å². The van der Waals surface area contributed by atoms with Gasteiger partial charge in [0.25, 0.3) is 0 Å². The zero-order valence-electron chi connectivity index (χ0n) is 19.6. The van der Waals surface area contributed by atoms with E-state index < -0.39 is 6.04 Å². The Bertz CT molecular complexity index is 781. The van der Waals surface area contributed by atoms with Crippen molar-refractivity contribution in [2.24, 2.45) is 29.1 Å². The third kappa shape index (κ3) is 4.82. The number of rotatable bonds is 8. The molecule has 4 fully saturated rings. The fraction of sp³-hybridized carbons (Fsp3) is 0.692. The van der Waals surface area contributed by atoms with E-state index in [0.717, 1.165) is 49.1 Å². The molecule has 5 heteroatoms. The average Bonchev–Trinajstić information content (AvgIpc) is 2.69. The molecule has 5 rings (SSSR count). The molecule has 0 radical (unpaired) electrons. The molecule has 1 aromatic carbocycles. The second-order valence-corrected chi connectivity index (χ2v) is 11.1. The van der Waals surface area contributed by atoms with Gasteiger partial charge in [-0.1, -0.05) is 38.1 Å². The summed E-state index contributed by atoms with van der Waals surface area (Å²) in [6.07, 6.45) is 7.01. The van der Waals surface area contributed by atoms with Gasteiger partial charge in [-0.3, -0.25) is 9.59 Å². The zero-order valence-corrected chi connectivity index (χ0v) is 19.6. The van der Waals surface area contributed by atoms with Crippen molar-refractivity contribution in [3.8, 4) is 0 Å². The van der Waals surface area contributed by atoms with Gasteiger partial charge < -0.3 is 15.5 Å². The molecule has 4 bridgehead atoms. The largest absolute Gasteiger partial charge is 0.350 e. The minimum absolute atomic E-state index is 0.0508. The molecule has 4 aliphatic carbocycles. The predicted molar refractivity (Wildman–Crippen MR) is 123 cm³/mol. The van der Waals surface area contributed by atoms with E-state index >= 15 is 0 Å². The molecular formula is C26H39N3O2. The van der Waals surface area contributed by atoms with Crippen molar-refractivity contribution in [2.75, 3.05) is 14.1 Å². The first kappa shape index (κ1) is 22.3. The second-order valence-electron chi connectivity index (χ2n) is 11.1. The second kappa shape index (κ2) is 8.93. The number of benzene rings is 1. The molecule has 1 aromatic rings. The van der Waals surface area contributed by atoms with E-state index in [0.29, 0.717) is 6.54 Å². The average molecular weight is 426 g/mol. The molecule has 0 saturated heterocycles. The van der Waals surface area contributed by atoms with Crippen LogP contribution in [-0.2, 0) is 22.7 Å². The Morgan fingerprint density at radius 3 is 2.06 bits per heavy atom. The summed E-state index contributed by atoms with van der Waals surface area (Å²) in [5.41, 5.74) is 2.12. The maximum absolute atomic E-state index is 13.5. The van der Waals surface area contributed by atoms with Gasteiger partial charge in [-0.15, -0.1) is 0 Å². The molecule has 2 N–H and O–H groups in total. The summed E-state index contributed by atoms with van der Waals surface area (Å²) in [5, 5.41) is 6.30. The summed E-state index contributed by atoms with van der Waals surface area (Å²) in [6.45, 7) is 5.36. The van der Waals surface area contributed by atoms with Gasteiger partial charge in [-0.05, 0) is 87.4 Å². The van der Waals surface area contributed by atoms with E-state index in [1.54, 1.807) is 0 Å². The van der Waals surface area contributed by atoms with Gasteiger partial charge in [0.1, 0.15) is 6.04 Å². The maximum Gasteiger partial charge on any atom is 0.243 e. The Labute approximate surface area is 187 Å². The highest BCUT2D eigenvalue weighted by Gasteiger charge is 2.55. The Kier molecular flexibility index (Phi) is 6.43. The molecule has 0 aromatic heterocycles.